The molecule has 104 valence electrons. The third kappa shape index (κ3) is 2.80. The monoisotopic (exact) mass is 310 g/mol. The molecule has 1 aromatic heterocycles. The van der Waals surface area contributed by atoms with Crippen molar-refractivity contribution in [3.63, 3.8) is 0 Å². The van der Waals surface area contributed by atoms with Gasteiger partial charge in [-0.25, -0.2) is 0 Å². The minimum absolute atomic E-state index is 0.767. The molecule has 0 aliphatic carbocycles. The third-order valence-electron chi connectivity index (χ3n) is 3.53. The molecule has 0 unspecified atom stereocenters. The fourth-order valence-corrected chi connectivity index (χ4v) is 3.61. The normalized spacial score (nSPS) is 11.3. The lowest BCUT2D eigenvalue weighted by Gasteiger charge is -2.03. The van der Waals surface area contributed by atoms with Crippen molar-refractivity contribution in [1.82, 2.24) is 0 Å². The molecule has 21 heavy (non-hydrogen) atoms. The first-order chi connectivity index (χ1) is 10.2. The predicted molar refractivity (Wildman–Crippen MR) is 96.2 cm³/mol. The van der Waals surface area contributed by atoms with Gasteiger partial charge in [-0.2, -0.15) is 0 Å². The van der Waals surface area contributed by atoms with E-state index in [1.807, 2.05) is 35.6 Å². The molecule has 0 fully saturated rings. The van der Waals surface area contributed by atoms with E-state index in [1.165, 1.54) is 31.7 Å². The van der Waals surface area contributed by atoms with E-state index < -0.39 is 0 Å². The second-order valence-corrected chi connectivity index (χ2v) is 6.42. The largest absolute Gasteiger partial charge is 0.136 e. The molecule has 3 aromatic rings. The van der Waals surface area contributed by atoms with Gasteiger partial charge in [0.25, 0.3) is 0 Å². The Balaban J connectivity index is 2.11. The van der Waals surface area contributed by atoms with Crippen molar-refractivity contribution in [2.45, 2.75) is 6.92 Å². The van der Waals surface area contributed by atoms with E-state index in [2.05, 4.69) is 49.9 Å². The molecule has 0 N–H and O–H groups in total. The molecular formula is C19H15ClS. The van der Waals surface area contributed by atoms with Gasteiger partial charge in [0.1, 0.15) is 0 Å². The Morgan fingerprint density at radius 3 is 2.48 bits per heavy atom. The quantitative estimate of drug-likeness (QED) is 0.470. The van der Waals surface area contributed by atoms with Crippen LogP contribution in [0.15, 0.2) is 61.2 Å². The molecule has 0 aliphatic heterocycles. The van der Waals surface area contributed by atoms with Gasteiger partial charge < -0.3 is 0 Å². The summed E-state index contributed by atoms with van der Waals surface area (Å²) in [6.45, 7) is 5.90. The van der Waals surface area contributed by atoms with Crippen LogP contribution in [0.2, 0.25) is 5.02 Å². The highest BCUT2D eigenvalue weighted by molar-refractivity contribution is 7.20. The van der Waals surface area contributed by atoms with E-state index >= 15 is 0 Å². The first kappa shape index (κ1) is 14.1. The SMILES string of the molecule is C=C/C=C\c1sc2ccc(-c3ccc(Cl)cc3)cc2c1C. The first-order valence-electron chi connectivity index (χ1n) is 6.77. The van der Waals surface area contributed by atoms with E-state index in [9.17, 15) is 0 Å². The van der Waals surface area contributed by atoms with Crippen molar-refractivity contribution in [2.24, 2.45) is 0 Å². The zero-order valence-corrected chi connectivity index (χ0v) is 13.3. The van der Waals surface area contributed by atoms with Crippen LogP contribution in [0.25, 0.3) is 27.3 Å². The van der Waals surface area contributed by atoms with E-state index in [1.54, 1.807) is 0 Å². The molecule has 0 radical (unpaired) electrons. The standard InChI is InChI=1S/C19H15ClS/c1-3-4-5-18-13(2)17-12-15(8-11-19(17)21-18)14-6-9-16(20)10-7-14/h3-12H,1H2,2H3/b5-4-. The molecule has 0 saturated heterocycles. The van der Waals surface area contributed by atoms with Crippen molar-refractivity contribution >= 4 is 39.1 Å². The number of benzene rings is 2. The molecular weight excluding hydrogens is 296 g/mol. The van der Waals surface area contributed by atoms with Crippen LogP contribution < -0.4 is 0 Å². The maximum absolute atomic E-state index is 5.96. The van der Waals surface area contributed by atoms with Crippen LogP contribution in [0.4, 0.5) is 0 Å². The van der Waals surface area contributed by atoms with Gasteiger partial charge in [0.2, 0.25) is 0 Å². The molecule has 0 saturated carbocycles. The van der Waals surface area contributed by atoms with Gasteiger partial charge in [-0.1, -0.05) is 48.5 Å². The zero-order valence-electron chi connectivity index (χ0n) is 11.8. The number of rotatable bonds is 3. The molecule has 2 aromatic carbocycles. The van der Waals surface area contributed by atoms with E-state index in [-0.39, 0.29) is 0 Å². The topological polar surface area (TPSA) is 0 Å². The lowest BCUT2D eigenvalue weighted by molar-refractivity contribution is 1.57. The number of hydrogen-bond donors (Lipinski definition) is 0. The van der Waals surface area contributed by atoms with Crippen molar-refractivity contribution in [2.75, 3.05) is 0 Å². The summed E-state index contributed by atoms with van der Waals surface area (Å²) in [4.78, 5) is 1.29. The lowest BCUT2D eigenvalue weighted by Crippen LogP contribution is -1.78. The summed E-state index contributed by atoms with van der Waals surface area (Å²) in [7, 11) is 0. The Bertz CT molecular complexity index is 823. The minimum Gasteiger partial charge on any atom is -0.136 e. The third-order valence-corrected chi connectivity index (χ3v) is 5.02. The number of allylic oxidation sites excluding steroid dienone is 2. The summed E-state index contributed by atoms with van der Waals surface area (Å²) in [6.07, 6.45) is 5.91. The average Bonchev–Trinajstić information content (AvgIpc) is 2.82. The molecule has 0 amide bonds. The molecule has 1 heterocycles. The number of aryl methyl sites for hydroxylation is 1. The second kappa shape index (κ2) is 5.88. The summed E-state index contributed by atoms with van der Waals surface area (Å²) in [5.41, 5.74) is 3.73. The summed E-state index contributed by atoms with van der Waals surface area (Å²) in [6, 6.07) is 14.6. The number of hydrogen-bond acceptors (Lipinski definition) is 1. The fourth-order valence-electron chi connectivity index (χ4n) is 2.38. The summed E-state index contributed by atoms with van der Waals surface area (Å²) in [5.74, 6) is 0. The van der Waals surface area contributed by atoms with Gasteiger partial charge in [-0.05, 0) is 59.3 Å². The van der Waals surface area contributed by atoms with Crippen molar-refractivity contribution < 1.29 is 0 Å². The minimum atomic E-state index is 0.767. The van der Waals surface area contributed by atoms with Crippen LogP contribution in [-0.2, 0) is 0 Å². The van der Waals surface area contributed by atoms with Gasteiger partial charge >= 0.3 is 0 Å². The molecule has 0 aliphatic rings. The van der Waals surface area contributed by atoms with Gasteiger partial charge in [-0.3, -0.25) is 0 Å². The highest BCUT2D eigenvalue weighted by Gasteiger charge is 2.07. The fraction of sp³-hybridized carbons (Fsp3) is 0.0526. The summed E-state index contributed by atoms with van der Waals surface area (Å²) in [5, 5.41) is 2.08. The van der Waals surface area contributed by atoms with E-state index in [4.69, 9.17) is 11.6 Å². The Labute approximate surface area is 134 Å². The Hall–Kier alpha value is -1.83. The molecule has 3 rings (SSSR count). The van der Waals surface area contributed by atoms with Crippen LogP contribution >= 0.6 is 22.9 Å². The average molecular weight is 311 g/mol. The smallest absolute Gasteiger partial charge is 0.0406 e. The highest BCUT2D eigenvalue weighted by Crippen LogP contribution is 2.35. The van der Waals surface area contributed by atoms with Crippen LogP contribution in [0.5, 0.6) is 0 Å². The zero-order chi connectivity index (χ0) is 14.8. The number of fused-ring (bicyclic) bond motifs is 1. The van der Waals surface area contributed by atoms with Gasteiger partial charge in [-0.15, -0.1) is 11.3 Å². The predicted octanol–water partition coefficient (Wildman–Crippen LogP) is 6.73. The van der Waals surface area contributed by atoms with Gasteiger partial charge in [0, 0.05) is 14.6 Å². The lowest BCUT2D eigenvalue weighted by atomic mass is 10.0. The van der Waals surface area contributed by atoms with E-state index in [0.717, 1.165) is 5.02 Å². The number of thiophene rings is 1. The van der Waals surface area contributed by atoms with Gasteiger partial charge in [0.05, 0.1) is 0 Å². The second-order valence-electron chi connectivity index (χ2n) is 4.90. The van der Waals surface area contributed by atoms with Crippen molar-refractivity contribution in [3.8, 4) is 11.1 Å². The molecule has 0 spiro atoms. The van der Waals surface area contributed by atoms with Crippen LogP contribution in [-0.4, -0.2) is 0 Å². The van der Waals surface area contributed by atoms with E-state index in [0.29, 0.717) is 0 Å². The first-order valence-corrected chi connectivity index (χ1v) is 7.96. The van der Waals surface area contributed by atoms with Crippen LogP contribution in [0.3, 0.4) is 0 Å². The summed E-state index contributed by atoms with van der Waals surface area (Å²) < 4.78 is 1.31. The van der Waals surface area contributed by atoms with Crippen LogP contribution in [0, 0.1) is 6.92 Å². The molecule has 0 atom stereocenters. The number of halogens is 1. The maximum atomic E-state index is 5.96. The van der Waals surface area contributed by atoms with Gasteiger partial charge in [0.15, 0.2) is 0 Å². The van der Waals surface area contributed by atoms with Crippen molar-refractivity contribution in [1.29, 1.82) is 0 Å². The Morgan fingerprint density at radius 1 is 1.05 bits per heavy atom. The molecule has 2 heteroatoms. The Morgan fingerprint density at radius 2 is 1.76 bits per heavy atom. The van der Waals surface area contributed by atoms with Crippen molar-refractivity contribution in [3.05, 3.63) is 76.7 Å². The molecule has 0 bridgehead atoms. The Kier molecular flexibility index (Phi) is 3.96. The maximum Gasteiger partial charge on any atom is 0.0406 e. The highest BCUT2D eigenvalue weighted by atomic mass is 35.5. The molecule has 0 nitrogen and oxygen atoms in total. The summed E-state index contributed by atoms with van der Waals surface area (Å²) >= 11 is 7.77. The van der Waals surface area contributed by atoms with Crippen LogP contribution in [0.1, 0.15) is 10.4 Å².